The number of thiocarbonyl (C=S) groups is 1. The van der Waals surface area contributed by atoms with Crippen LogP contribution in [0.15, 0.2) is 83.8 Å². The Morgan fingerprint density at radius 1 is 1.00 bits per heavy atom. The second-order valence-corrected chi connectivity index (χ2v) is 9.37. The van der Waals surface area contributed by atoms with Crippen molar-refractivity contribution in [2.24, 2.45) is 0 Å². The van der Waals surface area contributed by atoms with Gasteiger partial charge >= 0.3 is 6.18 Å². The maximum Gasteiger partial charge on any atom is 0.416 e. The third-order valence-electron chi connectivity index (χ3n) is 5.04. The zero-order valence-corrected chi connectivity index (χ0v) is 20.3. The summed E-state index contributed by atoms with van der Waals surface area (Å²) in [6.45, 7) is 0.00393. The summed E-state index contributed by atoms with van der Waals surface area (Å²) in [6, 6.07) is 20.9. The number of rotatable bonds is 7. The van der Waals surface area contributed by atoms with Crippen LogP contribution in [0.25, 0.3) is 6.08 Å². The van der Waals surface area contributed by atoms with Crippen LogP contribution in [0.3, 0.4) is 0 Å². The Hall–Kier alpha value is -3.63. The largest absolute Gasteiger partial charge is 0.457 e. The summed E-state index contributed by atoms with van der Waals surface area (Å²) in [6.07, 6.45) is -2.95. The molecular formula is C26H19F3N2O3S2. The van der Waals surface area contributed by atoms with Crippen LogP contribution in [-0.4, -0.2) is 27.6 Å². The van der Waals surface area contributed by atoms with Gasteiger partial charge in [-0.2, -0.15) is 13.2 Å². The van der Waals surface area contributed by atoms with Crippen LogP contribution in [-0.2, 0) is 15.8 Å². The van der Waals surface area contributed by atoms with Crippen molar-refractivity contribution in [1.29, 1.82) is 0 Å². The van der Waals surface area contributed by atoms with Crippen LogP contribution in [0.2, 0.25) is 0 Å². The topological polar surface area (TPSA) is 58.6 Å². The summed E-state index contributed by atoms with van der Waals surface area (Å²) >= 11 is 6.43. The van der Waals surface area contributed by atoms with Crippen LogP contribution in [0, 0.1) is 0 Å². The first-order valence-corrected chi connectivity index (χ1v) is 12.0. The van der Waals surface area contributed by atoms with E-state index in [0.717, 1.165) is 29.5 Å². The molecule has 5 nitrogen and oxygen atoms in total. The molecule has 10 heteroatoms. The van der Waals surface area contributed by atoms with Gasteiger partial charge in [0.1, 0.15) is 15.8 Å². The summed E-state index contributed by atoms with van der Waals surface area (Å²) in [7, 11) is 0. The number of amides is 2. The van der Waals surface area contributed by atoms with Crippen molar-refractivity contribution < 1.29 is 27.5 Å². The first-order valence-electron chi connectivity index (χ1n) is 10.7. The molecule has 0 aromatic heterocycles. The molecule has 1 N–H and O–H groups in total. The Labute approximate surface area is 214 Å². The van der Waals surface area contributed by atoms with E-state index in [1.54, 1.807) is 18.2 Å². The molecule has 36 heavy (non-hydrogen) atoms. The third kappa shape index (κ3) is 6.52. The van der Waals surface area contributed by atoms with Crippen molar-refractivity contribution in [2.45, 2.75) is 12.6 Å². The highest BCUT2D eigenvalue weighted by molar-refractivity contribution is 8.26. The lowest BCUT2D eigenvalue weighted by Crippen LogP contribution is -2.31. The fourth-order valence-corrected chi connectivity index (χ4v) is 4.66. The van der Waals surface area contributed by atoms with Gasteiger partial charge in [0, 0.05) is 18.7 Å². The number of hydrogen-bond donors (Lipinski definition) is 1. The molecule has 0 bridgehead atoms. The van der Waals surface area contributed by atoms with Crippen LogP contribution in [0.1, 0.15) is 17.5 Å². The average Bonchev–Trinajstić information content (AvgIpc) is 3.10. The molecule has 3 aromatic rings. The van der Waals surface area contributed by atoms with E-state index < -0.39 is 17.6 Å². The molecule has 2 amide bonds. The van der Waals surface area contributed by atoms with Crippen molar-refractivity contribution >= 4 is 51.9 Å². The van der Waals surface area contributed by atoms with Gasteiger partial charge in [0.25, 0.3) is 5.91 Å². The van der Waals surface area contributed by atoms with Gasteiger partial charge in [-0.3, -0.25) is 14.5 Å². The van der Waals surface area contributed by atoms with E-state index in [1.807, 2.05) is 42.5 Å². The van der Waals surface area contributed by atoms with Crippen molar-refractivity contribution in [3.63, 3.8) is 0 Å². The van der Waals surface area contributed by atoms with E-state index >= 15 is 0 Å². The number of carbonyl (C=O) groups is 2. The van der Waals surface area contributed by atoms with Crippen molar-refractivity contribution in [2.75, 3.05) is 11.9 Å². The van der Waals surface area contributed by atoms with Gasteiger partial charge in [0.15, 0.2) is 0 Å². The quantitative estimate of drug-likeness (QED) is 0.272. The molecule has 1 heterocycles. The number of nitrogens with zero attached hydrogens (tertiary/aromatic N) is 1. The molecule has 3 aromatic carbocycles. The third-order valence-corrected chi connectivity index (χ3v) is 6.42. The van der Waals surface area contributed by atoms with Gasteiger partial charge in [0.2, 0.25) is 5.91 Å². The highest BCUT2D eigenvalue weighted by Crippen LogP contribution is 2.34. The predicted molar refractivity (Wildman–Crippen MR) is 138 cm³/mol. The minimum atomic E-state index is -4.51. The average molecular weight is 529 g/mol. The Bertz CT molecular complexity index is 1330. The number of benzene rings is 3. The number of alkyl halides is 3. The molecule has 4 rings (SSSR count). The number of anilines is 1. The molecule has 0 spiro atoms. The maximum atomic E-state index is 12.9. The Morgan fingerprint density at radius 3 is 2.47 bits per heavy atom. The van der Waals surface area contributed by atoms with Gasteiger partial charge in [-0.25, -0.2) is 0 Å². The Kier molecular flexibility index (Phi) is 7.76. The minimum Gasteiger partial charge on any atom is -0.457 e. The number of thioether (sulfide) groups is 1. The monoisotopic (exact) mass is 528 g/mol. The predicted octanol–water partition coefficient (Wildman–Crippen LogP) is 6.73. The van der Waals surface area contributed by atoms with E-state index in [1.165, 1.54) is 17.0 Å². The maximum absolute atomic E-state index is 12.9. The van der Waals surface area contributed by atoms with Gasteiger partial charge < -0.3 is 10.1 Å². The fraction of sp³-hybridized carbons (Fsp3) is 0.115. The number of carbonyl (C=O) groups excluding carboxylic acids is 2. The molecule has 1 saturated heterocycles. The molecule has 1 fully saturated rings. The van der Waals surface area contributed by atoms with Gasteiger partial charge in [0.05, 0.1) is 10.5 Å². The summed E-state index contributed by atoms with van der Waals surface area (Å²) in [5.74, 6) is 0.422. The molecule has 1 aliphatic rings. The number of nitrogens with one attached hydrogen (secondary N) is 1. The Balaban J connectivity index is 1.37. The summed E-state index contributed by atoms with van der Waals surface area (Å²) in [4.78, 5) is 26.9. The lowest BCUT2D eigenvalue weighted by Gasteiger charge is -2.14. The first-order chi connectivity index (χ1) is 17.2. The molecule has 0 aliphatic carbocycles. The summed E-state index contributed by atoms with van der Waals surface area (Å²) in [5.41, 5.74) is -0.0930. The SMILES string of the molecule is O=C(CCN1C(=O)/C(=C/c2cccc(Oc3ccccc3)c2)SC1=S)Nc1cccc(C(F)(F)F)c1. The molecule has 184 valence electrons. The van der Waals surface area contributed by atoms with Crippen LogP contribution >= 0.6 is 24.0 Å². The zero-order valence-electron chi connectivity index (χ0n) is 18.6. The van der Waals surface area contributed by atoms with Crippen molar-refractivity contribution in [1.82, 2.24) is 4.90 Å². The fourth-order valence-electron chi connectivity index (χ4n) is 3.35. The molecule has 0 saturated carbocycles. The zero-order chi connectivity index (χ0) is 25.7. The smallest absolute Gasteiger partial charge is 0.416 e. The Morgan fingerprint density at radius 2 is 1.72 bits per heavy atom. The minimum absolute atomic E-state index is 0.00393. The highest BCUT2D eigenvalue weighted by Gasteiger charge is 2.32. The number of hydrogen-bond acceptors (Lipinski definition) is 5. The molecule has 0 atom stereocenters. The molecular weight excluding hydrogens is 509 g/mol. The normalized spacial score (nSPS) is 14.9. The van der Waals surface area contributed by atoms with Gasteiger partial charge in [-0.1, -0.05) is 60.4 Å². The molecule has 0 unspecified atom stereocenters. The molecule has 0 radical (unpaired) electrons. The van der Waals surface area contributed by atoms with E-state index in [9.17, 15) is 22.8 Å². The van der Waals surface area contributed by atoms with Crippen molar-refractivity contribution in [3.05, 3.63) is 94.9 Å². The van der Waals surface area contributed by atoms with E-state index in [4.69, 9.17) is 17.0 Å². The summed E-state index contributed by atoms with van der Waals surface area (Å²) < 4.78 is 44.7. The second kappa shape index (κ2) is 11.0. The van der Waals surface area contributed by atoms with Crippen LogP contribution < -0.4 is 10.1 Å². The van der Waals surface area contributed by atoms with E-state index in [-0.39, 0.29) is 24.6 Å². The summed E-state index contributed by atoms with van der Waals surface area (Å²) in [5, 5.41) is 2.43. The number of halogens is 3. The lowest BCUT2D eigenvalue weighted by atomic mass is 10.2. The van der Waals surface area contributed by atoms with Crippen LogP contribution in [0.4, 0.5) is 18.9 Å². The second-order valence-electron chi connectivity index (χ2n) is 7.70. The first kappa shape index (κ1) is 25.5. The lowest BCUT2D eigenvalue weighted by molar-refractivity contribution is -0.137. The van der Waals surface area contributed by atoms with Gasteiger partial charge in [-0.05, 0) is 54.1 Å². The molecule has 1 aliphatic heterocycles. The standard InChI is InChI=1S/C26H19F3N2O3S2/c27-26(28,29)18-7-5-8-19(16-18)30-23(32)12-13-31-24(33)22(36-25(31)35)15-17-6-4-11-21(14-17)34-20-9-2-1-3-10-20/h1-11,14-16H,12-13H2,(H,30,32)/b22-15-. The van der Waals surface area contributed by atoms with E-state index in [2.05, 4.69) is 5.32 Å². The van der Waals surface area contributed by atoms with Gasteiger partial charge in [-0.15, -0.1) is 0 Å². The number of para-hydroxylation sites is 1. The van der Waals surface area contributed by atoms with Crippen molar-refractivity contribution in [3.8, 4) is 11.5 Å². The number of ether oxygens (including phenoxy) is 1. The van der Waals surface area contributed by atoms with Crippen LogP contribution in [0.5, 0.6) is 11.5 Å². The van der Waals surface area contributed by atoms with E-state index in [0.29, 0.717) is 20.7 Å². The highest BCUT2D eigenvalue weighted by atomic mass is 32.2.